The molecule has 29 heavy (non-hydrogen) atoms. The van der Waals surface area contributed by atoms with Crippen molar-refractivity contribution < 1.29 is 19.8 Å². The van der Waals surface area contributed by atoms with Gasteiger partial charge in [-0.25, -0.2) is 0 Å². The standard InChI is InChI=1S/C24H47NO4/c1-22(2)16-14-12-10-8-6-4-3-5-7-9-11-13-15-19-25(20-17-23(26)27)21-18-24(28)29/h22H,3-21H2,1-2H3,(H,26,27)(H,28,29). The van der Waals surface area contributed by atoms with Gasteiger partial charge in [0.05, 0.1) is 12.8 Å². The molecule has 0 spiro atoms. The van der Waals surface area contributed by atoms with E-state index in [-0.39, 0.29) is 12.8 Å². The van der Waals surface area contributed by atoms with Crippen molar-refractivity contribution in [2.24, 2.45) is 5.92 Å². The number of carbonyl (C=O) groups is 2. The fourth-order valence-electron chi connectivity index (χ4n) is 3.68. The summed E-state index contributed by atoms with van der Waals surface area (Å²) in [5.74, 6) is -0.796. The summed E-state index contributed by atoms with van der Waals surface area (Å²) < 4.78 is 0. The smallest absolute Gasteiger partial charge is 0.304 e. The fourth-order valence-corrected chi connectivity index (χ4v) is 3.68. The molecule has 0 aliphatic heterocycles. The normalized spacial score (nSPS) is 11.4. The molecule has 0 amide bonds. The third-order valence-corrected chi connectivity index (χ3v) is 5.54. The van der Waals surface area contributed by atoms with Crippen LogP contribution < -0.4 is 0 Å². The van der Waals surface area contributed by atoms with E-state index in [9.17, 15) is 9.59 Å². The van der Waals surface area contributed by atoms with Gasteiger partial charge in [-0.05, 0) is 18.9 Å². The van der Waals surface area contributed by atoms with Crippen LogP contribution in [0.2, 0.25) is 0 Å². The molecule has 0 heterocycles. The van der Waals surface area contributed by atoms with Crippen LogP contribution in [0.3, 0.4) is 0 Å². The molecule has 0 unspecified atom stereocenters. The minimum Gasteiger partial charge on any atom is -0.481 e. The van der Waals surface area contributed by atoms with Crippen LogP contribution in [0.15, 0.2) is 0 Å². The average Bonchev–Trinajstić information content (AvgIpc) is 2.65. The first kappa shape index (κ1) is 27.9. The van der Waals surface area contributed by atoms with E-state index >= 15 is 0 Å². The lowest BCUT2D eigenvalue weighted by Crippen LogP contribution is -2.30. The SMILES string of the molecule is CC(C)CCCCCCCCCCCCCCCN(CCC(=O)O)CCC(=O)O. The lowest BCUT2D eigenvalue weighted by Gasteiger charge is -2.20. The number of carboxylic acid groups (broad SMARTS) is 2. The average molecular weight is 414 g/mol. The van der Waals surface area contributed by atoms with E-state index in [1.54, 1.807) is 0 Å². The minimum absolute atomic E-state index is 0.0809. The van der Waals surface area contributed by atoms with E-state index in [4.69, 9.17) is 10.2 Å². The van der Waals surface area contributed by atoms with Crippen LogP contribution in [0.4, 0.5) is 0 Å². The second-order valence-corrected chi connectivity index (χ2v) is 8.91. The zero-order valence-corrected chi connectivity index (χ0v) is 19.2. The predicted molar refractivity (Wildman–Crippen MR) is 120 cm³/mol. The van der Waals surface area contributed by atoms with Crippen molar-refractivity contribution in [2.75, 3.05) is 19.6 Å². The van der Waals surface area contributed by atoms with Crippen LogP contribution in [0.1, 0.15) is 117 Å². The maximum Gasteiger partial charge on any atom is 0.304 e. The van der Waals surface area contributed by atoms with E-state index < -0.39 is 11.9 Å². The number of nitrogens with zero attached hydrogens (tertiary/aromatic N) is 1. The van der Waals surface area contributed by atoms with Gasteiger partial charge < -0.3 is 15.1 Å². The van der Waals surface area contributed by atoms with Crippen molar-refractivity contribution in [3.8, 4) is 0 Å². The number of carboxylic acids is 2. The first-order valence-corrected chi connectivity index (χ1v) is 12.1. The van der Waals surface area contributed by atoms with E-state index in [0.717, 1.165) is 25.3 Å². The molecular formula is C24H47NO4. The van der Waals surface area contributed by atoms with Crippen molar-refractivity contribution in [1.29, 1.82) is 0 Å². The Kier molecular flexibility index (Phi) is 19.4. The van der Waals surface area contributed by atoms with Crippen LogP contribution in [0.5, 0.6) is 0 Å². The zero-order valence-electron chi connectivity index (χ0n) is 19.2. The largest absolute Gasteiger partial charge is 0.481 e. The molecule has 0 aliphatic carbocycles. The van der Waals surface area contributed by atoms with Gasteiger partial charge in [0.25, 0.3) is 0 Å². The number of hydrogen-bond acceptors (Lipinski definition) is 3. The first-order valence-electron chi connectivity index (χ1n) is 12.1. The van der Waals surface area contributed by atoms with Gasteiger partial charge in [-0.15, -0.1) is 0 Å². The van der Waals surface area contributed by atoms with Crippen LogP contribution >= 0.6 is 0 Å². The summed E-state index contributed by atoms with van der Waals surface area (Å²) in [7, 11) is 0. The maximum absolute atomic E-state index is 10.7. The first-order chi connectivity index (χ1) is 13.9. The van der Waals surface area contributed by atoms with Crippen LogP contribution in [-0.2, 0) is 9.59 Å². The Labute approximate surface area is 179 Å². The summed E-state index contributed by atoms with van der Waals surface area (Å²) in [5, 5.41) is 17.6. The van der Waals surface area contributed by atoms with Gasteiger partial charge >= 0.3 is 11.9 Å². The highest BCUT2D eigenvalue weighted by Crippen LogP contribution is 2.14. The Morgan fingerprint density at radius 1 is 0.586 bits per heavy atom. The van der Waals surface area contributed by atoms with Gasteiger partial charge in [-0.3, -0.25) is 9.59 Å². The summed E-state index contributed by atoms with van der Waals surface area (Å²) in [6.07, 6.45) is 18.6. The maximum atomic E-state index is 10.7. The Hall–Kier alpha value is -1.10. The van der Waals surface area contributed by atoms with Gasteiger partial charge in [-0.2, -0.15) is 0 Å². The van der Waals surface area contributed by atoms with E-state index in [0.29, 0.717) is 13.1 Å². The molecule has 172 valence electrons. The van der Waals surface area contributed by atoms with Crippen LogP contribution in [0, 0.1) is 5.92 Å². The molecule has 0 aromatic carbocycles. The summed E-state index contributed by atoms with van der Waals surface area (Å²) in [6, 6.07) is 0. The van der Waals surface area contributed by atoms with Crippen molar-refractivity contribution >= 4 is 11.9 Å². The van der Waals surface area contributed by atoms with Crippen LogP contribution in [-0.4, -0.2) is 46.7 Å². The molecule has 0 fully saturated rings. The third-order valence-electron chi connectivity index (χ3n) is 5.54. The summed E-state index contributed by atoms with van der Waals surface area (Å²) in [4.78, 5) is 23.4. The van der Waals surface area contributed by atoms with Gasteiger partial charge in [-0.1, -0.05) is 97.3 Å². The highest BCUT2D eigenvalue weighted by Gasteiger charge is 2.09. The molecule has 5 nitrogen and oxygen atoms in total. The molecule has 0 atom stereocenters. The molecule has 0 radical (unpaired) electrons. The highest BCUT2D eigenvalue weighted by atomic mass is 16.4. The summed E-state index contributed by atoms with van der Waals surface area (Å²) >= 11 is 0. The number of hydrogen-bond donors (Lipinski definition) is 2. The lowest BCUT2D eigenvalue weighted by molar-refractivity contribution is -0.137. The van der Waals surface area contributed by atoms with Gasteiger partial charge in [0.1, 0.15) is 0 Å². The molecular weight excluding hydrogens is 366 g/mol. The van der Waals surface area contributed by atoms with Gasteiger partial charge in [0.2, 0.25) is 0 Å². The molecule has 0 saturated carbocycles. The van der Waals surface area contributed by atoms with Crippen LogP contribution in [0.25, 0.3) is 0 Å². The molecule has 0 rings (SSSR count). The number of aliphatic carboxylic acids is 2. The highest BCUT2D eigenvalue weighted by molar-refractivity contribution is 5.67. The molecule has 0 saturated heterocycles. The fraction of sp³-hybridized carbons (Fsp3) is 0.917. The number of rotatable bonds is 22. The Balaban J connectivity index is 3.44. The molecule has 0 aromatic heterocycles. The molecule has 0 aromatic rings. The molecule has 0 bridgehead atoms. The van der Waals surface area contributed by atoms with Crippen molar-refractivity contribution in [1.82, 2.24) is 4.90 Å². The monoisotopic (exact) mass is 413 g/mol. The van der Waals surface area contributed by atoms with Crippen molar-refractivity contribution in [3.63, 3.8) is 0 Å². The third kappa shape index (κ3) is 23.0. The Bertz CT molecular complexity index is 380. The van der Waals surface area contributed by atoms with Gasteiger partial charge in [0, 0.05) is 13.1 Å². The molecule has 5 heteroatoms. The van der Waals surface area contributed by atoms with Crippen molar-refractivity contribution in [2.45, 2.75) is 117 Å². The summed E-state index contributed by atoms with van der Waals surface area (Å²) in [5.41, 5.74) is 0. The predicted octanol–water partition coefficient (Wildman–Crippen LogP) is 6.36. The molecule has 0 aliphatic rings. The Morgan fingerprint density at radius 2 is 0.931 bits per heavy atom. The van der Waals surface area contributed by atoms with Gasteiger partial charge in [0.15, 0.2) is 0 Å². The second-order valence-electron chi connectivity index (χ2n) is 8.91. The van der Waals surface area contributed by atoms with Crippen molar-refractivity contribution in [3.05, 3.63) is 0 Å². The van der Waals surface area contributed by atoms with E-state index in [1.807, 2.05) is 4.90 Å². The lowest BCUT2D eigenvalue weighted by atomic mass is 10.0. The van der Waals surface area contributed by atoms with E-state index in [1.165, 1.54) is 77.0 Å². The Morgan fingerprint density at radius 3 is 1.28 bits per heavy atom. The topological polar surface area (TPSA) is 77.8 Å². The molecule has 2 N–H and O–H groups in total. The number of unbranched alkanes of at least 4 members (excludes halogenated alkanes) is 12. The minimum atomic E-state index is -0.823. The zero-order chi connectivity index (χ0) is 21.7. The summed E-state index contributed by atoms with van der Waals surface area (Å²) in [6.45, 7) is 6.30. The second kappa shape index (κ2) is 20.2. The van der Waals surface area contributed by atoms with E-state index in [2.05, 4.69) is 13.8 Å². The quantitative estimate of drug-likeness (QED) is 0.202.